The normalized spacial score (nSPS) is 14.5. The van der Waals surface area contributed by atoms with Crippen LogP contribution in [0.5, 0.6) is 0 Å². The summed E-state index contributed by atoms with van der Waals surface area (Å²) in [6, 6.07) is 40.3. The highest BCUT2D eigenvalue weighted by atomic mass is 16.1. The van der Waals surface area contributed by atoms with Gasteiger partial charge >= 0.3 is 0 Å². The summed E-state index contributed by atoms with van der Waals surface area (Å²) in [4.78, 5) is 15.8. The van der Waals surface area contributed by atoms with E-state index in [4.69, 9.17) is 0 Å². The summed E-state index contributed by atoms with van der Waals surface area (Å²) in [5.41, 5.74) is 5.86. The Bertz CT molecular complexity index is 1210. The highest BCUT2D eigenvalue weighted by Crippen LogP contribution is 2.28. The highest BCUT2D eigenvalue weighted by molar-refractivity contribution is 5.96. The Balaban J connectivity index is 1.15. The van der Waals surface area contributed by atoms with Crippen LogP contribution in [0.2, 0.25) is 0 Å². The van der Waals surface area contributed by atoms with Gasteiger partial charge in [0.2, 0.25) is 0 Å². The molecule has 0 radical (unpaired) electrons. The van der Waals surface area contributed by atoms with E-state index in [0.717, 1.165) is 56.4 Å². The van der Waals surface area contributed by atoms with E-state index in [-0.39, 0.29) is 11.9 Å². The van der Waals surface area contributed by atoms with Crippen LogP contribution in [-0.2, 0) is 6.42 Å². The van der Waals surface area contributed by atoms with Gasteiger partial charge in [-0.1, -0.05) is 109 Å². The molecule has 1 aliphatic rings. The van der Waals surface area contributed by atoms with E-state index in [9.17, 15) is 4.79 Å². The number of hydrogen-bond acceptors (Lipinski definition) is 2. The molecule has 0 saturated carbocycles. The molecule has 0 aromatic heterocycles. The Hall–Kier alpha value is -3.69. The maximum Gasteiger partial charge on any atom is 0.251 e. The van der Waals surface area contributed by atoms with Crippen LogP contribution in [0, 0.1) is 0 Å². The Labute approximate surface area is 221 Å². The lowest BCUT2D eigenvalue weighted by atomic mass is 9.88. The maximum absolute atomic E-state index is 13.2. The van der Waals surface area contributed by atoms with Gasteiger partial charge in [0.05, 0.1) is 0 Å². The molecule has 1 saturated heterocycles. The van der Waals surface area contributed by atoms with E-state index >= 15 is 0 Å². The lowest BCUT2D eigenvalue weighted by Gasteiger charge is -2.33. The second-order valence-electron chi connectivity index (χ2n) is 10.1. The number of carbonyl (C=O) groups excluding carboxylic acids is 1. The second kappa shape index (κ2) is 12.5. The van der Waals surface area contributed by atoms with Crippen molar-refractivity contribution >= 4 is 5.91 Å². The van der Waals surface area contributed by atoms with Crippen LogP contribution in [0.3, 0.4) is 0 Å². The van der Waals surface area contributed by atoms with E-state index in [2.05, 4.69) is 89.1 Å². The predicted molar refractivity (Wildman–Crippen MR) is 152 cm³/mol. The van der Waals surface area contributed by atoms with Gasteiger partial charge in [0.1, 0.15) is 0 Å². The van der Waals surface area contributed by atoms with Crippen LogP contribution in [0.4, 0.5) is 0 Å². The van der Waals surface area contributed by atoms with Crippen molar-refractivity contribution in [3.63, 3.8) is 0 Å². The van der Waals surface area contributed by atoms with E-state index in [1.54, 1.807) is 0 Å². The molecular formula is C34H36N2O. The number of amides is 1. The highest BCUT2D eigenvalue weighted by Gasteiger charge is 2.23. The molecule has 1 aliphatic heterocycles. The number of hydrogen-bond donors (Lipinski definition) is 1. The topological polar surface area (TPSA) is 32.3 Å². The van der Waals surface area contributed by atoms with Crippen molar-refractivity contribution in [2.75, 3.05) is 19.6 Å². The molecule has 4 aromatic carbocycles. The van der Waals surface area contributed by atoms with Crippen molar-refractivity contribution in [2.24, 2.45) is 0 Å². The third-order valence-corrected chi connectivity index (χ3v) is 7.56. The smallest absolute Gasteiger partial charge is 0.251 e. The van der Waals surface area contributed by atoms with Gasteiger partial charge in [-0.15, -0.1) is 0 Å². The average molecular weight is 489 g/mol. The molecule has 188 valence electrons. The number of likely N-dealkylation sites (tertiary alicyclic amines) is 1. The van der Waals surface area contributed by atoms with Crippen LogP contribution in [-0.4, -0.2) is 36.5 Å². The van der Waals surface area contributed by atoms with Crippen LogP contribution < -0.4 is 5.32 Å². The monoisotopic (exact) mass is 488 g/mol. The molecule has 0 spiro atoms. The first-order valence-electron chi connectivity index (χ1n) is 13.5. The van der Waals surface area contributed by atoms with Gasteiger partial charge in [0.25, 0.3) is 5.91 Å². The molecule has 0 aliphatic carbocycles. The lowest BCUT2D eigenvalue weighted by Crippen LogP contribution is -2.45. The van der Waals surface area contributed by atoms with Gasteiger partial charge in [-0.05, 0) is 60.5 Å². The fourth-order valence-electron chi connectivity index (χ4n) is 5.48. The summed E-state index contributed by atoms with van der Waals surface area (Å²) in [5, 5.41) is 3.33. The third kappa shape index (κ3) is 6.75. The predicted octanol–water partition coefficient (Wildman–Crippen LogP) is 6.69. The van der Waals surface area contributed by atoms with Gasteiger partial charge in [0.15, 0.2) is 0 Å². The first kappa shape index (κ1) is 25.0. The fraction of sp³-hybridized carbons (Fsp3) is 0.265. The number of benzene rings is 4. The quantitative estimate of drug-likeness (QED) is 0.285. The standard InChI is InChI=1S/C34H36N2O/c37-34(33-19-11-10-18-30(33)26-27-12-4-1-5-13-27)35-31-20-23-36(24-21-31)25-22-32(28-14-6-2-7-15-28)29-16-8-3-9-17-29/h1-19,31-32H,20-26H2,(H,35,37). The number of rotatable bonds is 9. The SMILES string of the molecule is O=C(NC1CCN(CCC(c2ccccc2)c2ccccc2)CC1)c1ccccc1Cc1ccccc1. The summed E-state index contributed by atoms with van der Waals surface area (Å²) >= 11 is 0. The number of nitrogens with zero attached hydrogens (tertiary/aromatic N) is 1. The summed E-state index contributed by atoms with van der Waals surface area (Å²) in [6.07, 6.45) is 3.85. The minimum Gasteiger partial charge on any atom is -0.349 e. The average Bonchev–Trinajstić information content (AvgIpc) is 2.96. The molecule has 1 fully saturated rings. The van der Waals surface area contributed by atoms with Crippen molar-refractivity contribution in [1.82, 2.24) is 10.2 Å². The van der Waals surface area contributed by atoms with Crippen molar-refractivity contribution in [1.29, 1.82) is 0 Å². The van der Waals surface area contributed by atoms with Crippen LogP contribution in [0.1, 0.15) is 57.8 Å². The van der Waals surface area contributed by atoms with Crippen molar-refractivity contribution in [3.8, 4) is 0 Å². The zero-order chi connectivity index (χ0) is 25.3. The second-order valence-corrected chi connectivity index (χ2v) is 10.1. The van der Waals surface area contributed by atoms with Gasteiger partial charge in [-0.2, -0.15) is 0 Å². The molecule has 3 nitrogen and oxygen atoms in total. The molecule has 0 atom stereocenters. The van der Waals surface area contributed by atoms with Gasteiger partial charge < -0.3 is 10.2 Å². The van der Waals surface area contributed by atoms with E-state index in [0.29, 0.717) is 5.92 Å². The summed E-state index contributed by atoms with van der Waals surface area (Å²) in [6.45, 7) is 3.11. The molecule has 4 aromatic rings. The Morgan fingerprint density at radius 1 is 0.730 bits per heavy atom. The number of piperidine rings is 1. The first-order valence-corrected chi connectivity index (χ1v) is 13.5. The Morgan fingerprint density at radius 3 is 1.89 bits per heavy atom. The third-order valence-electron chi connectivity index (χ3n) is 7.56. The fourth-order valence-corrected chi connectivity index (χ4v) is 5.48. The minimum absolute atomic E-state index is 0.0539. The van der Waals surface area contributed by atoms with Crippen molar-refractivity contribution < 1.29 is 4.79 Å². The van der Waals surface area contributed by atoms with E-state index in [1.165, 1.54) is 16.7 Å². The van der Waals surface area contributed by atoms with Crippen LogP contribution >= 0.6 is 0 Å². The summed E-state index contributed by atoms with van der Waals surface area (Å²) in [5.74, 6) is 0.458. The maximum atomic E-state index is 13.2. The molecule has 5 rings (SSSR count). The molecule has 1 heterocycles. The molecule has 37 heavy (non-hydrogen) atoms. The lowest BCUT2D eigenvalue weighted by molar-refractivity contribution is 0.0909. The summed E-state index contributed by atoms with van der Waals surface area (Å²) in [7, 11) is 0. The molecule has 3 heteroatoms. The van der Waals surface area contributed by atoms with Crippen molar-refractivity contribution in [3.05, 3.63) is 143 Å². The van der Waals surface area contributed by atoms with Crippen LogP contribution in [0.15, 0.2) is 115 Å². The van der Waals surface area contributed by atoms with E-state index < -0.39 is 0 Å². The largest absolute Gasteiger partial charge is 0.349 e. The Morgan fingerprint density at radius 2 is 1.27 bits per heavy atom. The molecule has 0 unspecified atom stereocenters. The zero-order valence-corrected chi connectivity index (χ0v) is 21.4. The molecule has 1 N–H and O–H groups in total. The minimum atomic E-state index is 0.0539. The first-order chi connectivity index (χ1) is 18.3. The van der Waals surface area contributed by atoms with Crippen molar-refractivity contribution in [2.45, 2.75) is 37.6 Å². The number of nitrogens with one attached hydrogen (secondary N) is 1. The Kier molecular flexibility index (Phi) is 8.45. The van der Waals surface area contributed by atoms with Gasteiger partial charge in [-0.25, -0.2) is 0 Å². The van der Waals surface area contributed by atoms with Gasteiger partial charge in [-0.3, -0.25) is 4.79 Å². The zero-order valence-electron chi connectivity index (χ0n) is 21.4. The van der Waals surface area contributed by atoms with E-state index in [1.807, 2.05) is 36.4 Å². The molecular weight excluding hydrogens is 452 g/mol. The molecule has 0 bridgehead atoms. The van der Waals surface area contributed by atoms with Gasteiger partial charge in [0, 0.05) is 30.6 Å². The summed E-state index contributed by atoms with van der Waals surface area (Å²) < 4.78 is 0. The number of carbonyl (C=O) groups is 1. The van der Waals surface area contributed by atoms with Crippen LogP contribution in [0.25, 0.3) is 0 Å². The molecule has 1 amide bonds.